The van der Waals surface area contributed by atoms with Crippen LogP contribution in [0.15, 0.2) is 0 Å². The summed E-state index contributed by atoms with van der Waals surface area (Å²) in [5.74, 6) is 1.06. The quantitative estimate of drug-likeness (QED) is 0.763. The Morgan fingerprint density at radius 1 is 1.32 bits per heavy atom. The van der Waals surface area contributed by atoms with Gasteiger partial charge in [-0.05, 0) is 38.6 Å². The van der Waals surface area contributed by atoms with Crippen molar-refractivity contribution in [3.63, 3.8) is 0 Å². The van der Waals surface area contributed by atoms with Crippen LogP contribution in [0.3, 0.4) is 0 Å². The third kappa shape index (κ3) is 3.69. The molecule has 2 atom stereocenters. The summed E-state index contributed by atoms with van der Waals surface area (Å²) in [6, 6.07) is 0.211. The highest BCUT2D eigenvalue weighted by Gasteiger charge is 2.36. The number of carbonyl (C=O) groups excluding carboxylic acids is 1. The maximum atomic E-state index is 12.6. The van der Waals surface area contributed by atoms with Crippen LogP contribution < -0.4 is 5.32 Å². The summed E-state index contributed by atoms with van der Waals surface area (Å²) in [5, 5.41) is 3.45. The standard InChI is InChI=1S/C15H28N2O2/c1-3-8-16-14-11-19-10-13(14)15(18)17(4-2)9-12-6-5-7-12/h12-14,16H,3-11H2,1-2H3. The van der Waals surface area contributed by atoms with E-state index in [1.165, 1.54) is 19.3 Å². The van der Waals surface area contributed by atoms with E-state index in [-0.39, 0.29) is 12.0 Å². The van der Waals surface area contributed by atoms with Crippen molar-refractivity contribution in [2.75, 3.05) is 32.8 Å². The van der Waals surface area contributed by atoms with Gasteiger partial charge in [0, 0.05) is 19.1 Å². The topological polar surface area (TPSA) is 41.6 Å². The number of nitrogens with one attached hydrogen (secondary N) is 1. The lowest BCUT2D eigenvalue weighted by molar-refractivity contribution is -0.136. The normalized spacial score (nSPS) is 27.3. The van der Waals surface area contributed by atoms with E-state index in [4.69, 9.17) is 4.74 Å². The molecule has 1 aliphatic carbocycles. The molecule has 2 unspecified atom stereocenters. The van der Waals surface area contributed by atoms with Crippen LogP contribution in [0.25, 0.3) is 0 Å². The zero-order valence-corrected chi connectivity index (χ0v) is 12.4. The molecule has 110 valence electrons. The number of amides is 1. The van der Waals surface area contributed by atoms with Crippen molar-refractivity contribution in [2.45, 2.75) is 45.6 Å². The first kappa shape index (κ1) is 14.8. The summed E-state index contributed by atoms with van der Waals surface area (Å²) in [5.41, 5.74) is 0. The first-order chi connectivity index (χ1) is 9.26. The average Bonchev–Trinajstić information content (AvgIpc) is 2.83. The fraction of sp³-hybridized carbons (Fsp3) is 0.933. The summed E-state index contributed by atoms with van der Waals surface area (Å²) in [4.78, 5) is 14.7. The van der Waals surface area contributed by atoms with Crippen LogP contribution in [-0.2, 0) is 9.53 Å². The molecule has 4 heteroatoms. The molecule has 2 aliphatic rings. The maximum Gasteiger partial charge on any atom is 0.229 e. The van der Waals surface area contributed by atoms with Crippen LogP contribution in [0.4, 0.5) is 0 Å². The molecule has 1 amide bonds. The highest BCUT2D eigenvalue weighted by Crippen LogP contribution is 2.28. The molecule has 0 aromatic heterocycles. The molecule has 1 saturated carbocycles. The van der Waals surface area contributed by atoms with Gasteiger partial charge in [-0.15, -0.1) is 0 Å². The van der Waals surface area contributed by atoms with Crippen molar-refractivity contribution in [3.8, 4) is 0 Å². The summed E-state index contributed by atoms with van der Waals surface area (Å²) in [7, 11) is 0. The fourth-order valence-electron chi connectivity index (χ4n) is 2.93. The van der Waals surface area contributed by atoms with Crippen molar-refractivity contribution >= 4 is 5.91 Å². The zero-order chi connectivity index (χ0) is 13.7. The summed E-state index contributed by atoms with van der Waals surface area (Å²) in [6.07, 6.45) is 5.02. The van der Waals surface area contributed by atoms with E-state index in [1.807, 2.05) is 4.90 Å². The van der Waals surface area contributed by atoms with E-state index < -0.39 is 0 Å². The molecule has 0 radical (unpaired) electrons. The largest absolute Gasteiger partial charge is 0.379 e. The first-order valence-corrected chi connectivity index (χ1v) is 7.86. The molecular formula is C15H28N2O2. The lowest BCUT2D eigenvalue weighted by Crippen LogP contribution is -2.47. The van der Waals surface area contributed by atoms with Crippen molar-refractivity contribution in [2.24, 2.45) is 11.8 Å². The summed E-state index contributed by atoms with van der Waals surface area (Å²) in [6.45, 7) is 8.24. The Balaban J connectivity index is 1.87. The third-order valence-corrected chi connectivity index (χ3v) is 4.45. The minimum absolute atomic E-state index is 0.0200. The van der Waals surface area contributed by atoms with Gasteiger partial charge >= 0.3 is 0 Å². The summed E-state index contributed by atoms with van der Waals surface area (Å²) >= 11 is 0. The molecule has 2 fully saturated rings. The monoisotopic (exact) mass is 268 g/mol. The Bertz CT molecular complexity index is 292. The van der Waals surface area contributed by atoms with E-state index in [1.54, 1.807) is 0 Å². The Morgan fingerprint density at radius 3 is 2.68 bits per heavy atom. The van der Waals surface area contributed by atoms with Gasteiger partial charge in [0.1, 0.15) is 0 Å². The molecule has 0 aromatic carbocycles. The minimum Gasteiger partial charge on any atom is -0.379 e. The van der Waals surface area contributed by atoms with E-state index in [0.717, 1.165) is 32.0 Å². The number of nitrogens with zero attached hydrogens (tertiary/aromatic N) is 1. The van der Waals surface area contributed by atoms with Crippen LogP contribution in [0, 0.1) is 11.8 Å². The molecule has 4 nitrogen and oxygen atoms in total. The van der Waals surface area contributed by atoms with Gasteiger partial charge in [0.05, 0.1) is 19.1 Å². The number of hydrogen-bond acceptors (Lipinski definition) is 3. The second-order valence-electron chi connectivity index (χ2n) is 5.88. The second-order valence-corrected chi connectivity index (χ2v) is 5.88. The zero-order valence-electron chi connectivity index (χ0n) is 12.4. The van der Waals surface area contributed by atoms with Crippen LogP contribution in [-0.4, -0.2) is 49.7 Å². The van der Waals surface area contributed by atoms with Crippen LogP contribution in [0.2, 0.25) is 0 Å². The van der Waals surface area contributed by atoms with Gasteiger partial charge in [0.15, 0.2) is 0 Å². The number of ether oxygens (including phenoxy) is 1. The Kier molecular flexibility index (Phi) is 5.64. The molecule has 2 rings (SSSR count). The predicted molar refractivity (Wildman–Crippen MR) is 76.0 cm³/mol. The van der Waals surface area contributed by atoms with E-state index >= 15 is 0 Å². The lowest BCUT2D eigenvalue weighted by Gasteiger charge is -2.34. The van der Waals surface area contributed by atoms with Crippen LogP contribution in [0.5, 0.6) is 0 Å². The molecule has 1 N–H and O–H groups in total. The number of rotatable bonds is 7. The SMILES string of the molecule is CCCNC1COCC1C(=O)N(CC)CC1CCC1. The molecule has 0 bridgehead atoms. The second kappa shape index (κ2) is 7.25. The van der Waals surface area contributed by atoms with Gasteiger partial charge in [-0.25, -0.2) is 0 Å². The molecule has 0 aromatic rings. The number of carbonyl (C=O) groups is 1. The van der Waals surface area contributed by atoms with Crippen molar-refractivity contribution in [1.29, 1.82) is 0 Å². The van der Waals surface area contributed by atoms with Crippen molar-refractivity contribution < 1.29 is 9.53 Å². The van der Waals surface area contributed by atoms with Gasteiger partial charge in [-0.1, -0.05) is 13.3 Å². The summed E-state index contributed by atoms with van der Waals surface area (Å²) < 4.78 is 5.52. The van der Waals surface area contributed by atoms with Crippen LogP contribution in [0.1, 0.15) is 39.5 Å². The molecule has 1 saturated heterocycles. The molecular weight excluding hydrogens is 240 g/mol. The molecule has 1 aliphatic heterocycles. The average molecular weight is 268 g/mol. The Morgan fingerprint density at radius 2 is 2.11 bits per heavy atom. The van der Waals surface area contributed by atoms with Crippen LogP contribution >= 0.6 is 0 Å². The van der Waals surface area contributed by atoms with Gasteiger partial charge in [0.25, 0.3) is 0 Å². The fourth-order valence-corrected chi connectivity index (χ4v) is 2.93. The van der Waals surface area contributed by atoms with Gasteiger partial charge in [-0.2, -0.15) is 0 Å². The molecule has 19 heavy (non-hydrogen) atoms. The minimum atomic E-state index is 0.0200. The molecule has 0 spiro atoms. The lowest BCUT2D eigenvalue weighted by atomic mass is 9.85. The van der Waals surface area contributed by atoms with Gasteiger partial charge < -0.3 is 15.0 Å². The Labute approximate surface area is 116 Å². The first-order valence-electron chi connectivity index (χ1n) is 7.86. The van der Waals surface area contributed by atoms with E-state index in [0.29, 0.717) is 19.1 Å². The van der Waals surface area contributed by atoms with E-state index in [9.17, 15) is 4.79 Å². The maximum absolute atomic E-state index is 12.6. The predicted octanol–water partition coefficient (Wildman–Crippen LogP) is 1.65. The highest BCUT2D eigenvalue weighted by molar-refractivity contribution is 5.80. The third-order valence-electron chi connectivity index (χ3n) is 4.45. The van der Waals surface area contributed by atoms with Gasteiger partial charge in [0.2, 0.25) is 5.91 Å². The van der Waals surface area contributed by atoms with Gasteiger partial charge in [-0.3, -0.25) is 4.79 Å². The molecule has 1 heterocycles. The van der Waals surface area contributed by atoms with E-state index in [2.05, 4.69) is 19.2 Å². The highest BCUT2D eigenvalue weighted by atomic mass is 16.5. The Hall–Kier alpha value is -0.610. The smallest absolute Gasteiger partial charge is 0.229 e. The van der Waals surface area contributed by atoms with Crippen molar-refractivity contribution in [1.82, 2.24) is 10.2 Å². The number of hydrogen-bond donors (Lipinski definition) is 1. The van der Waals surface area contributed by atoms with Crippen molar-refractivity contribution in [3.05, 3.63) is 0 Å².